The SMILES string of the molecule is CCC(N)CNS(=O)(=O)c1ccc(Cl)s1. The van der Waals surface area contributed by atoms with E-state index in [2.05, 4.69) is 4.72 Å². The van der Waals surface area contributed by atoms with Crippen molar-refractivity contribution >= 4 is 33.0 Å². The summed E-state index contributed by atoms with van der Waals surface area (Å²) in [6.07, 6.45) is 0.730. The number of sulfonamides is 1. The van der Waals surface area contributed by atoms with Gasteiger partial charge >= 0.3 is 0 Å². The third-order valence-corrected chi connectivity index (χ3v) is 5.02. The first kappa shape index (κ1) is 12.9. The van der Waals surface area contributed by atoms with E-state index in [1.165, 1.54) is 6.07 Å². The zero-order valence-electron chi connectivity index (χ0n) is 8.23. The molecule has 0 saturated heterocycles. The van der Waals surface area contributed by atoms with E-state index in [-0.39, 0.29) is 16.8 Å². The summed E-state index contributed by atoms with van der Waals surface area (Å²) in [5, 5.41) is 0. The molecule has 7 heteroatoms. The number of hydrogen-bond donors (Lipinski definition) is 2. The fraction of sp³-hybridized carbons (Fsp3) is 0.500. The van der Waals surface area contributed by atoms with Crippen LogP contribution in [-0.4, -0.2) is 21.0 Å². The standard InChI is InChI=1S/C8H13ClN2O2S2/c1-2-6(10)5-11-15(12,13)8-4-3-7(9)14-8/h3-4,6,11H,2,5,10H2,1H3. The molecule has 1 rings (SSSR count). The summed E-state index contributed by atoms with van der Waals surface area (Å²) < 4.78 is 26.4. The molecule has 0 radical (unpaired) electrons. The Balaban J connectivity index is 2.68. The largest absolute Gasteiger partial charge is 0.327 e. The van der Waals surface area contributed by atoms with Gasteiger partial charge in [-0.25, -0.2) is 13.1 Å². The minimum Gasteiger partial charge on any atom is -0.327 e. The Morgan fingerprint density at radius 3 is 2.73 bits per heavy atom. The first-order chi connectivity index (χ1) is 6.95. The molecule has 0 spiro atoms. The van der Waals surface area contributed by atoms with Gasteiger partial charge in [0, 0.05) is 12.6 Å². The van der Waals surface area contributed by atoms with Crippen LogP contribution >= 0.6 is 22.9 Å². The van der Waals surface area contributed by atoms with Crippen LogP contribution in [-0.2, 0) is 10.0 Å². The van der Waals surface area contributed by atoms with Gasteiger partial charge in [0.1, 0.15) is 4.21 Å². The van der Waals surface area contributed by atoms with Crippen LogP contribution in [0.1, 0.15) is 13.3 Å². The van der Waals surface area contributed by atoms with Gasteiger partial charge in [0.05, 0.1) is 4.34 Å². The third-order valence-electron chi connectivity index (χ3n) is 1.87. The summed E-state index contributed by atoms with van der Waals surface area (Å²) in [6, 6.07) is 2.88. The van der Waals surface area contributed by atoms with Crippen LogP contribution in [0.25, 0.3) is 0 Å². The molecule has 0 saturated carbocycles. The Morgan fingerprint density at radius 1 is 1.60 bits per heavy atom. The molecule has 0 aliphatic carbocycles. The van der Waals surface area contributed by atoms with Crippen molar-refractivity contribution in [3.8, 4) is 0 Å². The topological polar surface area (TPSA) is 72.2 Å². The lowest BCUT2D eigenvalue weighted by Gasteiger charge is -2.09. The number of nitrogens with two attached hydrogens (primary N) is 1. The van der Waals surface area contributed by atoms with Gasteiger partial charge in [-0.1, -0.05) is 18.5 Å². The van der Waals surface area contributed by atoms with Crippen molar-refractivity contribution in [3.63, 3.8) is 0 Å². The molecule has 86 valence electrons. The van der Waals surface area contributed by atoms with Gasteiger partial charge in [-0.3, -0.25) is 0 Å². The monoisotopic (exact) mass is 268 g/mol. The lowest BCUT2D eigenvalue weighted by molar-refractivity contribution is 0.566. The predicted octanol–water partition coefficient (Wildman–Crippen LogP) is 1.42. The van der Waals surface area contributed by atoms with Gasteiger partial charge in [-0.05, 0) is 18.6 Å². The number of rotatable bonds is 5. The second-order valence-corrected chi connectivity index (χ2v) is 6.79. The highest BCUT2D eigenvalue weighted by Gasteiger charge is 2.16. The van der Waals surface area contributed by atoms with Crippen molar-refractivity contribution in [3.05, 3.63) is 16.5 Å². The zero-order valence-corrected chi connectivity index (χ0v) is 10.6. The smallest absolute Gasteiger partial charge is 0.250 e. The maximum absolute atomic E-state index is 11.7. The molecule has 0 aliphatic rings. The number of thiophene rings is 1. The molecule has 4 nitrogen and oxygen atoms in total. The minimum atomic E-state index is -3.44. The van der Waals surface area contributed by atoms with Gasteiger partial charge in [-0.15, -0.1) is 11.3 Å². The Hall–Kier alpha value is -0.140. The summed E-state index contributed by atoms with van der Waals surface area (Å²) in [4.78, 5) is 0. The van der Waals surface area contributed by atoms with Gasteiger partial charge in [0.2, 0.25) is 10.0 Å². The fourth-order valence-electron chi connectivity index (χ4n) is 0.874. The van der Waals surface area contributed by atoms with E-state index in [9.17, 15) is 8.42 Å². The fourth-order valence-corrected chi connectivity index (χ4v) is 3.50. The Kier molecular flexibility index (Phi) is 4.54. The molecular formula is C8H13ClN2O2S2. The van der Waals surface area contributed by atoms with E-state index in [0.29, 0.717) is 4.34 Å². The lowest BCUT2D eigenvalue weighted by Crippen LogP contribution is -2.36. The summed E-state index contributed by atoms with van der Waals surface area (Å²) >= 11 is 6.69. The summed E-state index contributed by atoms with van der Waals surface area (Å²) in [5.74, 6) is 0. The van der Waals surface area contributed by atoms with Gasteiger partial charge in [-0.2, -0.15) is 0 Å². The van der Waals surface area contributed by atoms with Gasteiger partial charge < -0.3 is 5.73 Å². The van der Waals surface area contributed by atoms with Crippen molar-refractivity contribution in [1.29, 1.82) is 0 Å². The Bertz CT molecular complexity index is 416. The molecule has 1 heterocycles. The van der Waals surface area contributed by atoms with Crippen molar-refractivity contribution in [2.75, 3.05) is 6.54 Å². The molecule has 0 aliphatic heterocycles. The van der Waals surface area contributed by atoms with E-state index < -0.39 is 10.0 Å². The predicted molar refractivity (Wildman–Crippen MR) is 62.8 cm³/mol. The van der Waals surface area contributed by atoms with Gasteiger partial charge in [0.15, 0.2) is 0 Å². The maximum Gasteiger partial charge on any atom is 0.250 e. The van der Waals surface area contributed by atoms with Gasteiger partial charge in [0.25, 0.3) is 0 Å². The van der Waals surface area contributed by atoms with Crippen LogP contribution in [0, 0.1) is 0 Å². The van der Waals surface area contributed by atoms with Crippen LogP contribution in [0.4, 0.5) is 0 Å². The normalized spacial score (nSPS) is 14.1. The highest BCUT2D eigenvalue weighted by atomic mass is 35.5. The highest BCUT2D eigenvalue weighted by molar-refractivity contribution is 7.91. The van der Waals surface area contributed by atoms with Crippen molar-refractivity contribution < 1.29 is 8.42 Å². The average Bonchev–Trinajstić information content (AvgIpc) is 2.62. The van der Waals surface area contributed by atoms with Crippen molar-refractivity contribution in [2.45, 2.75) is 23.6 Å². The van der Waals surface area contributed by atoms with Crippen LogP contribution in [0.2, 0.25) is 4.34 Å². The molecule has 0 aromatic carbocycles. The molecule has 3 N–H and O–H groups in total. The van der Waals surface area contributed by atoms with Crippen LogP contribution < -0.4 is 10.5 Å². The average molecular weight is 269 g/mol. The van der Waals surface area contributed by atoms with E-state index in [1.54, 1.807) is 6.07 Å². The molecule has 1 aromatic rings. The van der Waals surface area contributed by atoms with Crippen LogP contribution in [0.15, 0.2) is 16.3 Å². The quantitative estimate of drug-likeness (QED) is 0.848. The molecule has 0 amide bonds. The van der Waals surface area contributed by atoms with Crippen molar-refractivity contribution in [2.24, 2.45) is 5.73 Å². The molecule has 0 fully saturated rings. The second-order valence-electron chi connectivity index (χ2n) is 3.08. The third kappa shape index (κ3) is 3.73. The summed E-state index contributed by atoms with van der Waals surface area (Å²) in [5.41, 5.74) is 5.61. The molecule has 15 heavy (non-hydrogen) atoms. The van der Waals surface area contributed by atoms with E-state index in [1.807, 2.05) is 6.92 Å². The van der Waals surface area contributed by atoms with E-state index in [0.717, 1.165) is 17.8 Å². The van der Waals surface area contributed by atoms with E-state index in [4.69, 9.17) is 17.3 Å². The lowest BCUT2D eigenvalue weighted by atomic mass is 10.2. The van der Waals surface area contributed by atoms with E-state index >= 15 is 0 Å². The van der Waals surface area contributed by atoms with Crippen LogP contribution in [0.3, 0.4) is 0 Å². The van der Waals surface area contributed by atoms with Crippen molar-refractivity contribution in [1.82, 2.24) is 4.72 Å². The molecular weight excluding hydrogens is 256 g/mol. The highest BCUT2D eigenvalue weighted by Crippen LogP contribution is 2.25. The number of hydrogen-bond acceptors (Lipinski definition) is 4. The summed E-state index contributed by atoms with van der Waals surface area (Å²) in [7, 11) is -3.44. The molecule has 0 bridgehead atoms. The molecule has 1 atom stereocenters. The Morgan fingerprint density at radius 2 is 2.27 bits per heavy atom. The second kappa shape index (κ2) is 5.27. The number of halogens is 1. The Labute approximate surface area is 98.5 Å². The zero-order chi connectivity index (χ0) is 11.5. The first-order valence-corrected chi connectivity index (χ1v) is 7.14. The minimum absolute atomic E-state index is 0.157. The molecule has 1 aromatic heterocycles. The molecule has 1 unspecified atom stereocenters. The first-order valence-electron chi connectivity index (χ1n) is 4.46. The van der Waals surface area contributed by atoms with Crippen LogP contribution in [0.5, 0.6) is 0 Å². The number of nitrogens with one attached hydrogen (secondary N) is 1. The maximum atomic E-state index is 11.7. The summed E-state index contributed by atoms with van der Waals surface area (Å²) in [6.45, 7) is 2.15.